The van der Waals surface area contributed by atoms with Crippen LogP contribution >= 0.6 is 11.6 Å². The van der Waals surface area contributed by atoms with Gasteiger partial charge in [0.2, 0.25) is 10.0 Å². The van der Waals surface area contributed by atoms with Gasteiger partial charge in [0.15, 0.2) is 0 Å². The van der Waals surface area contributed by atoms with Crippen LogP contribution in [0.25, 0.3) is 0 Å². The van der Waals surface area contributed by atoms with Crippen LogP contribution in [-0.4, -0.2) is 43.8 Å². The molecular formula is C19H23ClN2O2S. The molecule has 0 amide bonds. The summed E-state index contributed by atoms with van der Waals surface area (Å²) in [6.45, 7) is 4.57. The number of benzene rings is 2. The zero-order valence-electron chi connectivity index (χ0n) is 14.3. The van der Waals surface area contributed by atoms with Crippen molar-refractivity contribution in [1.29, 1.82) is 0 Å². The molecule has 0 saturated carbocycles. The van der Waals surface area contributed by atoms with Gasteiger partial charge in [-0.05, 0) is 24.1 Å². The molecular weight excluding hydrogens is 356 g/mol. The van der Waals surface area contributed by atoms with E-state index < -0.39 is 10.0 Å². The lowest BCUT2D eigenvalue weighted by Crippen LogP contribution is -2.49. The molecule has 2 aromatic rings. The molecule has 0 bridgehead atoms. The van der Waals surface area contributed by atoms with Crippen LogP contribution in [0.15, 0.2) is 54.6 Å². The first kappa shape index (κ1) is 18.4. The van der Waals surface area contributed by atoms with E-state index in [9.17, 15) is 8.42 Å². The largest absolute Gasteiger partial charge is 0.294 e. The highest BCUT2D eigenvalue weighted by Gasteiger charge is 2.29. The predicted octanol–water partition coefficient (Wildman–Crippen LogP) is 3.55. The number of rotatable bonds is 5. The summed E-state index contributed by atoms with van der Waals surface area (Å²) in [5.74, 6) is 0.0634. The molecule has 1 atom stereocenters. The maximum atomic E-state index is 12.6. The molecule has 1 fully saturated rings. The Bertz CT molecular complexity index is 803. The van der Waals surface area contributed by atoms with Crippen molar-refractivity contribution in [2.45, 2.75) is 18.7 Å². The van der Waals surface area contributed by atoms with Crippen molar-refractivity contribution in [3.8, 4) is 0 Å². The normalized spacial score (nSPS) is 18.2. The molecule has 4 nitrogen and oxygen atoms in total. The van der Waals surface area contributed by atoms with E-state index in [1.54, 1.807) is 4.31 Å². The molecule has 0 radical (unpaired) electrons. The minimum atomic E-state index is -3.28. The van der Waals surface area contributed by atoms with Crippen LogP contribution in [-0.2, 0) is 15.8 Å². The lowest BCUT2D eigenvalue weighted by atomic mass is 10.1. The average Bonchev–Trinajstić information content (AvgIpc) is 2.62. The summed E-state index contributed by atoms with van der Waals surface area (Å²) in [4.78, 5) is 2.29. The van der Waals surface area contributed by atoms with E-state index in [0.29, 0.717) is 26.2 Å². The molecule has 1 aliphatic heterocycles. The third-order valence-electron chi connectivity index (χ3n) is 4.76. The molecule has 0 unspecified atom stereocenters. The number of piperazine rings is 1. The smallest absolute Gasteiger partial charge is 0.218 e. The van der Waals surface area contributed by atoms with Crippen molar-refractivity contribution in [3.63, 3.8) is 0 Å². The third kappa shape index (κ3) is 4.42. The van der Waals surface area contributed by atoms with Crippen molar-refractivity contribution >= 4 is 21.6 Å². The van der Waals surface area contributed by atoms with E-state index in [2.05, 4.69) is 11.8 Å². The standard InChI is InChI=1S/C19H23ClN2O2S/c1-16(18-9-5-6-10-19(18)20)21-11-13-22(14-12-21)25(23,24)15-17-7-3-2-4-8-17/h2-10,16H,11-15H2,1H3/t16-/m0/s1. The van der Waals surface area contributed by atoms with E-state index in [1.807, 2.05) is 54.6 Å². The van der Waals surface area contributed by atoms with E-state index in [-0.39, 0.29) is 11.8 Å². The van der Waals surface area contributed by atoms with Gasteiger partial charge >= 0.3 is 0 Å². The van der Waals surface area contributed by atoms with Crippen LogP contribution in [0, 0.1) is 0 Å². The molecule has 1 heterocycles. The van der Waals surface area contributed by atoms with Gasteiger partial charge in [-0.25, -0.2) is 8.42 Å². The Morgan fingerprint density at radius 1 is 0.960 bits per heavy atom. The number of hydrogen-bond acceptors (Lipinski definition) is 3. The number of hydrogen-bond donors (Lipinski definition) is 0. The van der Waals surface area contributed by atoms with Gasteiger partial charge in [-0.2, -0.15) is 4.31 Å². The Hall–Kier alpha value is -1.40. The zero-order valence-corrected chi connectivity index (χ0v) is 15.9. The number of nitrogens with zero attached hydrogens (tertiary/aromatic N) is 2. The first-order valence-electron chi connectivity index (χ1n) is 8.47. The van der Waals surface area contributed by atoms with Crippen molar-refractivity contribution < 1.29 is 8.42 Å². The fourth-order valence-corrected chi connectivity index (χ4v) is 5.07. The Labute approximate surface area is 155 Å². The SMILES string of the molecule is C[C@@H](c1ccccc1Cl)N1CCN(S(=O)(=O)Cc2ccccc2)CC1. The van der Waals surface area contributed by atoms with Gasteiger partial charge in [0.05, 0.1) is 5.75 Å². The number of sulfonamides is 1. The van der Waals surface area contributed by atoms with Gasteiger partial charge in [-0.15, -0.1) is 0 Å². The lowest BCUT2D eigenvalue weighted by molar-refractivity contribution is 0.146. The topological polar surface area (TPSA) is 40.6 Å². The molecule has 25 heavy (non-hydrogen) atoms. The Morgan fingerprint density at radius 3 is 2.20 bits per heavy atom. The molecule has 2 aromatic carbocycles. The van der Waals surface area contributed by atoms with Crippen molar-refractivity contribution in [1.82, 2.24) is 9.21 Å². The monoisotopic (exact) mass is 378 g/mol. The first-order valence-corrected chi connectivity index (χ1v) is 10.5. The molecule has 134 valence electrons. The summed E-state index contributed by atoms with van der Waals surface area (Å²) in [5.41, 5.74) is 1.92. The number of halogens is 1. The van der Waals surface area contributed by atoms with Gasteiger partial charge in [0, 0.05) is 37.2 Å². The van der Waals surface area contributed by atoms with Gasteiger partial charge < -0.3 is 0 Å². The third-order valence-corrected chi connectivity index (χ3v) is 6.96. The molecule has 0 spiro atoms. The fourth-order valence-electron chi connectivity index (χ4n) is 3.26. The van der Waals surface area contributed by atoms with Crippen LogP contribution in [0.4, 0.5) is 0 Å². The Kier molecular flexibility index (Phi) is 5.79. The van der Waals surface area contributed by atoms with Crippen LogP contribution in [0.2, 0.25) is 5.02 Å². The minimum Gasteiger partial charge on any atom is -0.294 e. The highest BCUT2D eigenvalue weighted by Crippen LogP contribution is 2.28. The van der Waals surface area contributed by atoms with Crippen LogP contribution in [0.5, 0.6) is 0 Å². The van der Waals surface area contributed by atoms with Gasteiger partial charge in [0.25, 0.3) is 0 Å². The highest BCUT2D eigenvalue weighted by atomic mass is 35.5. The summed E-state index contributed by atoms with van der Waals surface area (Å²) >= 11 is 6.30. The molecule has 0 N–H and O–H groups in total. The molecule has 1 aliphatic rings. The maximum absolute atomic E-state index is 12.6. The van der Waals surface area contributed by atoms with Crippen LogP contribution < -0.4 is 0 Å². The lowest BCUT2D eigenvalue weighted by Gasteiger charge is -2.37. The van der Waals surface area contributed by atoms with E-state index in [0.717, 1.165) is 16.1 Å². The second-order valence-electron chi connectivity index (χ2n) is 6.37. The summed E-state index contributed by atoms with van der Waals surface area (Å²) in [7, 11) is -3.28. The van der Waals surface area contributed by atoms with Crippen LogP contribution in [0.1, 0.15) is 24.1 Å². The highest BCUT2D eigenvalue weighted by molar-refractivity contribution is 7.88. The fraction of sp³-hybridized carbons (Fsp3) is 0.368. The molecule has 3 rings (SSSR count). The Morgan fingerprint density at radius 2 is 1.56 bits per heavy atom. The molecule has 0 aromatic heterocycles. The van der Waals surface area contributed by atoms with Crippen LogP contribution in [0.3, 0.4) is 0 Å². The molecule has 6 heteroatoms. The first-order chi connectivity index (χ1) is 12.0. The second-order valence-corrected chi connectivity index (χ2v) is 8.75. The van der Waals surface area contributed by atoms with Crippen molar-refractivity contribution in [2.75, 3.05) is 26.2 Å². The second kappa shape index (κ2) is 7.87. The van der Waals surface area contributed by atoms with Crippen molar-refractivity contribution in [3.05, 3.63) is 70.7 Å². The quantitative estimate of drug-likeness (QED) is 0.798. The summed E-state index contributed by atoms with van der Waals surface area (Å²) < 4.78 is 26.9. The van der Waals surface area contributed by atoms with Crippen molar-refractivity contribution in [2.24, 2.45) is 0 Å². The summed E-state index contributed by atoms with van der Waals surface area (Å²) in [6.07, 6.45) is 0. The summed E-state index contributed by atoms with van der Waals surface area (Å²) in [6, 6.07) is 17.4. The van der Waals surface area contributed by atoms with Gasteiger partial charge in [-0.3, -0.25) is 4.90 Å². The van der Waals surface area contributed by atoms with E-state index in [4.69, 9.17) is 11.6 Å². The van der Waals surface area contributed by atoms with Gasteiger partial charge in [0.1, 0.15) is 0 Å². The average molecular weight is 379 g/mol. The predicted molar refractivity (Wildman–Crippen MR) is 102 cm³/mol. The Balaban J connectivity index is 1.62. The molecule has 1 saturated heterocycles. The maximum Gasteiger partial charge on any atom is 0.218 e. The van der Waals surface area contributed by atoms with E-state index in [1.165, 1.54) is 0 Å². The summed E-state index contributed by atoms with van der Waals surface area (Å²) in [5, 5.41) is 0.758. The minimum absolute atomic E-state index is 0.0634. The molecule has 0 aliphatic carbocycles. The zero-order chi connectivity index (χ0) is 17.9. The van der Waals surface area contributed by atoms with E-state index >= 15 is 0 Å². The van der Waals surface area contributed by atoms with Gasteiger partial charge in [-0.1, -0.05) is 60.1 Å².